The number of carbonyl (C=O) groups is 1. The van der Waals surface area contributed by atoms with Gasteiger partial charge in [-0.15, -0.1) is 0 Å². The van der Waals surface area contributed by atoms with E-state index in [2.05, 4.69) is 12.1 Å². The van der Waals surface area contributed by atoms with Crippen LogP contribution in [0.4, 0.5) is 0 Å². The topological polar surface area (TPSA) is 95.6 Å². The van der Waals surface area contributed by atoms with Crippen molar-refractivity contribution in [2.24, 2.45) is 5.41 Å². The van der Waals surface area contributed by atoms with Crippen molar-refractivity contribution >= 4 is 11.9 Å². The zero-order valence-corrected chi connectivity index (χ0v) is 21.6. The van der Waals surface area contributed by atoms with Crippen molar-refractivity contribution in [2.75, 3.05) is 21.3 Å². The Hall–Kier alpha value is -4.75. The van der Waals surface area contributed by atoms with E-state index in [1.807, 2.05) is 60.5 Å². The normalized spacial score (nSPS) is 20.5. The molecule has 2 heterocycles. The van der Waals surface area contributed by atoms with Gasteiger partial charge in [0.1, 0.15) is 6.04 Å². The molecule has 5 rings (SSSR count). The van der Waals surface area contributed by atoms with E-state index >= 15 is 0 Å². The SMILES string of the molecule is COc1cc([C@@H]2[C@@H](C(=O)c3ccc(C)cc3)N3C=Cc4ccccc4C3C2(C#N)C#N)cc(OC)c1OC. The van der Waals surface area contributed by atoms with Gasteiger partial charge in [0.15, 0.2) is 22.7 Å². The molecule has 2 aliphatic heterocycles. The molecular weight excluding hydrogens is 478 g/mol. The van der Waals surface area contributed by atoms with Crippen molar-refractivity contribution in [1.29, 1.82) is 10.5 Å². The first-order valence-electron chi connectivity index (χ1n) is 12.2. The molecule has 0 radical (unpaired) electrons. The molecule has 0 amide bonds. The van der Waals surface area contributed by atoms with Gasteiger partial charge in [-0.05, 0) is 41.8 Å². The summed E-state index contributed by atoms with van der Waals surface area (Å²) in [6, 6.07) is 21.7. The van der Waals surface area contributed by atoms with Gasteiger partial charge in [0, 0.05) is 17.7 Å². The quantitative estimate of drug-likeness (QED) is 0.412. The third-order valence-electron chi connectivity index (χ3n) is 7.59. The second kappa shape index (κ2) is 9.61. The first-order chi connectivity index (χ1) is 18.4. The van der Waals surface area contributed by atoms with Crippen molar-refractivity contribution < 1.29 is 19.0 Å². The lowest BCUT2D eigenvalue weighted by molar-refractivity contribution is 0.0874. The fourth-order valence-electron chi connectivity index (χ4n) is 5.84. The van der Waals surface area contributed by atoms with E-state index in [9.17, 15) is 15.3 Å². The molecule has 1 saturated heterocycles. The van der Waals surface area contributed by atoms with Crippen LogP contribution in [0.25, 0.3) is 6.08 Å². The van der Waals surface area contributed by atoms with E-state index in [1.165, 1.54) is 21.3 Å². The predicted molar refractivity (Wildman–Crippen MR) is 142 cm³/mol. The lowest BCUT2D eigenvalue weighted by Gasteiger charge is -2.34. The summed E-state index contributed by atoms with van der Waals surface area (Å²) in [4.78, 5) is 16.2. The van der Waals surface area contributed by atoms with E-state index in [4.69, 9.17) is 14.2 Å². The summed E-state index contributed by atoms with van der Waals surface area (Å²) in [5.74, 6) is 0.148. The van der Waals surface area contributed by atoms with Gasteiger partial charge in [0.2, 0.25) is 5.75 Å². The van der Waals surface area contributed by atoms with Crippen LogP contribution in [0.1, 0.15) is 44.6 Å². The molecule has 1 fully saturated rings. The summed E-state index contributed by atoms with van der Waals surface area (Å²) < 4.78 is 16.7. The molecular formula is C31H27N3O4. The number of fused-ring (bicyclic) bond motifs is 3. The summed E-state index contributed by atoms with van der Waals surface area (Å²) in [7, 11) is 4.53. The number of hydrogen-bond acceptors (Lipinski definition) is 7. The number of ketones is 1. The first-order valence-corrected chi connectivity index (χ1v) is 12.2. The van der Waals surface area contributed by atoms with Gasteiger partial charge < -0.3 is 19.1 Å². The maximum Gasteiger partial charge on any atom is 0.203 e. The summed E-state index contributed by atoms with van der Waals surface area (Å²) in [6.45, 7) is 1.96. The van der Waals surface area contributed by atoms with Crippen molar-refractivity contribution in [3.8, 4) is 29.4 Å². The molecule has 7 nitrogen and oxygen atoms in total. The number of hydrogen-bond donors (Lipinski definition) is 0. The van der Waals surface area contributed by atoms with Gasteiger partial charge in [-0.1, -0.05) is 54.1 Å². The maximum absolute atomic E-state index is 14.3. The fourth-order valence-corrected chi connectivity index (χ4v) is 5.84. The van der Waals surface area contributed by atoms with E-state index < -0.39 is 23.4 Å². The first kappa shape index (κ1) is 24.9. The van der Waals surface area contributed by atoms with E-state index in [1.54, 1.807) is 24.3 Å². The van der Waals surface area contributed by atoms with Gasteiger partial charge in [0.05, 0.1) is 39.5 Å². The molecule has 3 aromatic rings. The minimum Gasteiger partial charge on any atom is -0.493 e. The largest absolute Gasteiger partial charge is 0.493 e. The van der Waals surface area contributed by atoms with E-state index in [0.29, 0.717) is 28.4 Å². The Morgan fingerprint density at radius 3 is 2.13 bits per heavy atom. The third kappa shape index (κ3) is 3.59. The summed E-state index contributed by atoms with van der Waals surface area (Å²) >= 11 is 0. The average molecular weight is 506 g/mol. The molecule has 38 heavy (non-hydrogen) atoms. The second-order valence-corrected chi connectivity index (χ2v) is 9.50. The average Bonchev–Trinajstić information content (AvgIpc) is 3.27. The number of ether oxygens (including phenoxy) is 3. The van der Waals surface area contributed by atoms with Crippen molar-refractivity contribution in [3.05, 3.63) is 94.7 Å². The molecule has 0 saturated carbocycles. The molecule has 0 N–H and O–H groups in total. The van der Waals surface area contributed by atoms with Gasteiger partial charge in [0.25, 0.3) is 0 Å². The van der Waals surface area contributed by atoms with Crippen molar-refractivity contribution in [1.82, 2.24) is 4.90 Å². The van der Waals surface area contributed by atoms with Crippen molar-refractivity contribution in [2.45, 2.75) is 24.9 Å². The van der Waals surface area contributed by atoms with Crippen LogP contribution in [0.3, 0.4) is 0 Å². The Balaban J connectivity index is 1.81. The molecule has 2 aliphatic rings. The van der Waals surface area contributed by atoms with E-state index in [-0.39, 0.29) is 5.78 Å². The standard InChI is InChI=1S/C31H27N3O4/c1-19-9-11-21(12-10-19)28(35)27-26(22-15-24(36-2)29(38-4)25(16-22)37-3)31(17-32,18-33)30-23-8-6-5-7-20(23)13-14-34(27)30/h5-16,26-27,30H,1-4H3/t26-,27+,30?/m1/s1. The second-order valence-electron chi connectivity index (χ2n) is 9.50. The number of carbonyl (C=O) groups excluding carboxylic acids is 1. The highest BCUT2D eigenvalue weighted by Crippen LogP contribution is 2.61. The Kier molecular flexibility index (Phi) is 6.30. The van der Waals surface area contributed by atoms with Crippen LogP contribution >= 0.6 is 0 Å². The Morgan fingerprint density at radius 2 is 1.55 bits per heavy atom. The molecule has 3 atom stereocenters. The predicted octanol–water partition coefficient (Wildman–Crippen LogP) is 5.43. The number of nitrogens with zero attached hydrogens (tertiary/aromatic N) is 3. The number of benzene rings is 3. The van der Waals surface area contributed by atoms with Crippen LogP contribution in [0.5, 0.6) is 17.2 Å². The highest BCUT2D eigenvalue weighted by atomic mass is 16.5. The van der Waals surface area contributed by atoms with Crippen LogP contribution in [-0.4, -0.2) is 38.1 Å². The minimum atomic E-state index is -1.60. The number of nitriles is 2. The Morgan fingerprint density at radius 1 is 0.921 bits per heavy atom. The van der Waals surface area contributed by atoms with Crippen LogP contribution < -0.4 is 14.2 Å². The van der Waals surface area contributed by atoms with Gasteiger partial charge >= 0.3 is 0 Å². The minimum absolute atomic E-state index is 0.176. The summed E-state index contributed by atoms with van der Waals surface area (Å²) in [5, 5.41) is 21.5. The van der Waals surface area contributed by atoms with Gasteiger partial charge in [-0.2, -0.15) is 10.5 Å². The highest BCUT2D eigenvalue weighted by molar-refractivity contribution is 6.02. The van der Waals surface area contributed by atoms with Crippen LogP contribution in [0, 0.1) is 35.0 Å². The van der Waals surface area contributed by atoms with Crippen molar-refractivity contribution in [3.63, 3.8) is 0 Å². The molecule has 190 valence electrons. The molecule has 3 aromatic carbocycles. The third-order valence-corrected chi connectivity index (χ3v) is 7.59. The molecule has 0 aliphatic carbocycles. The molecule has 7 heteroatoms. The van der Waals surface area contributed by atoms with Crippen LogP contribution in [0.15, 0.2) is 66.9 Å². The van der Waals surface area contributed by atoms with Crippen LogP contribution in [-0.2, 0) is 0 Å². The van der Waals surface area contributed by atoms with Crippen LogP contribution in [0.2, 0.25) is 0 Å². The number of aryl methyl sites for hydroxylation is 1. The van der Waals surface area contributed by atoms with E-state index in [0.717, 1.165) is 16.7 Å². The monoisotopic (exact) mass is 505 g/mol. The number of methoxy groups -OCH3 is 3. The highest BCUT2D eigenvalue weighted by Gasteiger charge is 2.64. The van der Waals surface area contributed by atoms with Gasteiger partial charge in [-0.25, -0.2) is 0 Å². The molecule has 0 spiro atoms. The molecule has 1 unspecified atom stereocenters. The zero-order chi connectivity index (χ0) is 27.0. The molecule has 0 aromatic heterocycles. The lowest BCUT2D eigenvalue weighted by atomic mass is 9.67. The Labute approximate surface area is 222 Å². The number of Topliss-reactive ketones (excluding diaryl/α,β-unsaturated/α-hetero) is 1. The zero-order valence-electron chi connectivity index (χ0n) is 21.6. The summed E-state index contributed by atoms with van der Waals surface area (Å²) in [6.07, 6.45) is 3.77. The Bertz CT molecular complexity index is 1470. The lowest BCUT2D eigenvalue weighted by Crippen LogP contribution is -2.37. The smallest absolute Gasteiger partial charge is 0.203 e. The van der Waals surface area contributed by atoms with Gasteiger partial charge in [-0.3, -0.25) is 4.79 Å². The maximum atomic E-state index is 14.3. The fraction of sp³-hybridized carbons (Fsp3) is 0.258. The summed E-state index contributed by atoms with van der Waals surface area (Å²) in [5.41, 5.74) is 2.26. The molecule has 0 bridgehead atoms. The number of rotatable bonds is 6.